The molecule has 0 aromatic heterocycles. The Labute approximate surface area is 179 Å². The Balaban J connectivity index is 1.50. The van der Waals surface area contributed by atoms with E-state index in [4.69, 9.17) is 14.2 Å². The fourth-order valence-electron chi connectivity index (χ4n) is 3.87. The molecule has 1 fully saturated rings. The number of ether oxygens (including phenoxy) is 3. The van der Waals surface area contributed by atoms with Crippen LogP contribution < -0.4 is 19.1 Å². The maximum absolute atomic E-state index is 12.6. The first kappa shape index (κ1) is 21.0. The van der Waals surface area contributed by atoms with Gasteiger partial charge in [-0.25, -0.2) is 13.2 Å². The summed E-state index contributed by atoms with van der Waals surface area (Å²) in [4.78, 5) is 25.0. The lowest BCUT2D eigenvalue weighted by Crippen LogP contribution is -2.25. The van der Waals surface area contributed by atoms with Gasteiger partial charge in [-0.05, 0) is 30.7 Å². The maximum Gasteiger partial charge on any atom is 0.343 e. The number of amides is 1. The van der Waals surface area contributed by atoms with E-state index in [1.54, 1.807) is 36.4 Å². The number of nitrogens with one attached hydrogen (secondary N) is 1. The van der Waals surface area contributed by atoms with Crippen molar-refractivity contribution in [2.75, 3.05) is 36.1 Å². The normalized spacial score (nSPS) is 19.0. The summed E-state index contributed by atoms with van der Waals surface area (Å²) in [5.74, 6) is -0.166. The van der Waals surface area contributed by atoms with Crippen molar-refractivity contribution in [2.45, 2.75) is 18.9 Å². The number of carbonyl (C=O) groups is 2. The van der Waals surface area contributed by atoms with Crippen molar-refractivity contribution in [1.82, 2.24) is 0 Å². The number of hydrogen-bond donors (Lipinski definition) is 1. The van der Waals surface area contributed by atoms with E-state index in [9.17, 15) is 18.0 Å². The lowest BCUT2D eigenvalue weighted by molar-refractivity contribution is -0.118. The van der Waals surface area contributed by atoms with Gasteiger partial charge in [0.25, 0.3) is 0 Å². The Kier molecular flexibility index (Phi) is 5.48. The van der Waals surface area contributed by atoms with Crippen LogP contribution in [-0.2, 0) is 19.6 Å². The first-order chi connectivity index (χ1) is 14.8. The maximum atomic E-state index is 12.6. The van der Waals surface area contributed by atoms with Gasteiger partial charge in [0.05, 0.1) is 32.1 Å². The third kappa shape index (κ3) is 3.90. The van der Waals surface area contributed by atoms with Crippen LogP contribution >= 0.6 is 0 Å². The van der Waals surface area contributed by atoms with Crippen molar-refractivity contribution in [3.8, 4) is 11.5 Å². The summed E-state index contributed by atoms with van der Waals surface area (Å²) >= 11 is 0. The van der Waals surface area contributed by atoms with Crippen molar-refractivity contribution < 1.29 is 32.2 Å². The number of carbonyl (C=O) groups excluding carboxylic acids is 2. The molecule has 9 nitrogen and oxygen atoms in total. The molecule has 2 heterocycles. The molecule has 0 bridgehead atoms. The Morgan fingerprint density at radius 3 is 2.71 bits per heavy atom. The van der Waals surface area contributed by atoms with E-state index in [1.807, 2.05) is 0 Å². The number of benzene rings is 2. The van der Waals surface area contributed by atoms with Gasteiger partial charge >= 0.3 is 5.97 Å². The molecule has 4 rings (SSSR count). The standard InChI is InChI=1S/C21H22N2O7S/c1-28-16-8-7-15-17(30-21(25)19(15)20(16)29-2)12-18(24)22-13-5-3-6-14(11-13)23-9-4-10-31(23,26)27/h3,5-8,11,17H,4,9-10,12H2,1-2H3,(H,22,24). The van der Waals surface area contributed by atoms with E-state index in [0.717, 1.165) is 0 Å². The SMILES string of the molecule is COc1ccc2c(c1OC)C(=O)OC2CC(=O)Nc1cccc(N2CCCS2(=O)=O)c1. The van der Waals surface area contributed by atoms with Crippen LogP contribution in [0.4, 0.5) is 11.4 Å². The van der Waals surface area contributed by atoms with Crippen molar-refractivity contribution in [2.24, 2.45) is 0 Å². The third-order valence-electron chi connectivity index (χ3n) is 5.27. The minimum Gasteiger partial charge on any atom is -0.493 e. The summed E-state index contributed by atoms with van der Waals surface area (Å²) in [6.07, 6.45) is -0.287. The molecule has 0 radical (unpaired) electrons. The van der Waals surface area contributed by atoms with Crippen LogP contribution in [0.2, 0.25) is 0 Å². The van der Waals surface area contributed by atoms with Gasteiger partial charge < -0.3 is 19.5 Å². The molecule has 2 aromatic carbocycles. The highest BCUT2D eigenvalue weighted by molar-refractivity contribution is 7.93. The zero-order chi connectivity index (χ0) is 22.2. The van der Waals surface area contributed by atoms with Crippen LogP contribution in [0.25, 0.3) is 0 Å². The Morgan fingerprint density at radius 1 is 1.23 bits per heavy atom. The molecule has 0 spiro atoms. The number of rotatable bonds is 6. The predicted octanol–water partition coefficient (Wildman–Crippen LogP) is 2.48. The summed E-state index contributed by atoms with van der Waals surface area (Å²) < 4.78 is 41.5. The monoisotopic (exact) mass is 446 g/mol. The Morgan fingerprint density at radius 2 is 2.03 bits per heavy atom. The number of methoxy groups -OCH3 is 2. The zero-order valence-electron chi connectivity index (χ0n) is 17.1. The second-order valence-electron chi connectivity index (χ2n) is 7.20. The minimum atomic E-state index is -3.31. The topological polar surface area (TPSA) is 111 Å². The molecule has 1 N–H and O–H groups in total. The summed E-state index contributed by atoms with van der Waals surface area (Å²) in [5.41, 5.74) is 1.77. The fourth-order valence-corrected chi connectivity index (χ4v) is 5.43. The second kappa shape index (κ2) is 8.10. The zero-order valence-corrected chi connectivity index (χ0v) is 17.9. The average molecular weight is 446 g/mol. The average Bonchev–Trinajstić information content (AvgIpc) is 3.25. The number of fused-ring (bicyclic) bond motifs is 1. The summed E-state index contributed by atoms with van der Waals surface area (Å²) in [7, 11) is -0.416. The molecular weight excluding hydrogens is 424 g/mol. The third-order valence-corrected chi connectivity index (χ3v) is 7.14. The van der Waals surface area contributed by atoms with Crippen molar-refractivity contribution in [1.29, 1.82) is 0 Å². The number of esters is 1. The van der Waals surface area contributed by atoms with Gasteiger partial charge in [0.15, 0.2) is 11.5 Å². The van der Waals surface area contributed by atoms with Gasteiger partial charge in [-0.15, -0.1) is 0 Å². The van der Waals surface area contributed by atoms with E-state index < -0.39 is 22.1 Å². The van der Waals surface area contributed by atoms with E-state index in [-0.39, 0.29) is 29.4 Å². The molecule has 0 saturated carbocycles. The van der Waals surface area contributed by atoms with Crippen molar-refractivity contribution in [3.05, 3.63) is 47.5 Å². The lowest BCUT2D eigenvalue weighted by atomic mass is 10.0. The van der Waals surface area contributed by atoms with Gasteiger partial charge in [0.1, 0.15) is 11.7 Å². The number of hydrogen-bond acceptors (Lipinski definition) is 7. The van der Waals surface area contributed by atoms with Crippen LogP contribution in [0.3, 0.4) is 0 Å². The summed E-state index contributed by atoms with van der Waals surface area (Å²) in [5, 5.41) is 2.75. The number of cyclic esters (lactones) is 1. The van der Waals surface area contributed by atoms with Gasteiger partial charge in [-0.2, -0.15) is 0 Å². The molecule has 1 unspecified atom stereocenters. The number of sulfonamides is 1. The molecule has 164 valence electrons. The molecule has 0 aliphatic carbocycles. The highest BCUT2D eigenvalue weighted by atomic mass is 32.2. The molecule has 2 aliphatic rings. The molecule has 2 aliphatic heterocycles. The molecule has 10 heteroatoms. The quantitative estimate of drug-likeness (QED) is 0.679. The molecule has 31 heavy (non-hydrogen) atoms. The van der Waals surface area contributed by atoms with E-state index in [0.29, 0.717) is 35.7 Å². The fraction of sp³-hybridized carbons (Fsp3) is 0.333. The molecule has 1 atom stereocenters. The van der Waals surface area contributed by atoms with Crippen LogP contribution in [0.1, 0.15) is 34.9 Å². The van der Waals surface area contributed by atoms with Gasteiger partial charge in [0, 0.05) is 17.8 Å². The van der Waals surface area contributed by atoms with Crippen LogP contribution in [-0.4, -0.2) is 46.8 Å². The molecular formula is C21H22N2O7S. The second-order valence-corrected chi connectivity index (χ2v) is 9.22. The molecule has 1 saturated heterocycles. The highest BCUT2D eigenvalue weighted by Crippen LogP contribution is 2.43. The smallest absolute Gasteiger partial charge is 0.343 e. The first-order valence-electron chi connectivity index (χ1n) is 9.70. The van der Waals surface area contributed by atoms with Gasteiger partial charge in [0.2, 0.25) is 15.9 Å². The molecule has 2 aromatic rings. The first-order valence-corrected chi connectivity index (χ1v) is 11.3. The van der Waals surface area contributed by atoms with E-state index >= 15 is 0 Å². The van der Waals surface area contributed by atoms with E-state index in [2.05, 4.69) is 5.32 Å². The van der Waals surface area contributed by atoms with Crippen LogP contribution in [0.5, 0.6) is 11.5 Å². The van der Waals surface area contributed by atoms with Crippen LogP contribution in [0, 0.1) is 0 Å². The number of nitrogens with zero attached hydrogens (tertiary/aromatic N) is 1. The minimum absolute atomic E-state index is 0.0968. The highest BCUT2D eigenvalue weighted by Gasteiger charge is 2.37. The van der Waals surface area contributed by atoms with E-state index in [1.165, 1.54) is 18.5 Å². The largest absolute Gasteiger partial charge is 0.493 e. The summed E-state index contributed by atoms with van der Waals surface area (Å²) in [6, 6.07) is 9.99. The lowest BCUT2D eigenvalue weighted by Gasteiger charge is -2.18. The predicted molar refractivity (Wildman–Crippen MR) is 113 cm³/mol. The summed E-state index contributed by atoms with van der Waals surface area (Å²) in [6.45, 7) is 0.417. The van der Waals surface area contributed by atoms with Gasteiger partial charge in [-0.3, -0.25) is 9.10 Å². The Bertz CT molecular complexity index is 1150. The van der Waals surface area contributed by atoms with Crippen molar-refractivity contribution in [3.63, 3.8) is 0 Å². The van der Waals surface area contributed by atoms with Gasteiger partial charge in [-0.1, -0.05) is 12.1 Å². The molecule has 1 amide bonds. The van der Waals surface area contributed by atoms with Crippen molar-refractivity contribution >= 4 is 33.3 Å². The Hall–Kier alpha value is -3.27. The van der Waals surface area contributed by atoms with Crippen LogP contribution in [0.15, 0.2) is 36.4 Å². The number of anilines is 2.